The molecule has 0 aromatic carbocycles. The van der Waals surface area contributed by atoms with E-state index in [1.54, 1.807) is 7.11 Å². The Morgan fingerprint density at radius 1 is 1.24 bits per heavy atom. The van der Waals surface area contributed by atoms with Crippen LogP contribution in [0.15, 0.2) is 0 Å². The van der Waals surface area contributed by atoms with Gasteiger partial charge in [0.25, 0.3) is 0 Å². The summed E-state index contributed by atoms with van der Waals surface area (Å²) < 4.78 is 11.3. The van der Waals surface area contributed by atoms with Crippen LogP contribution >= 0.6 is 0 Å². The van der Waals surface area contributed by atoms with Crippen molar-refractivity contribution >= 4 is 0 Å². The minimum absolute atomic E-state index is 0.0849. The van der Waals surface area contributed by atoms with Gasteiger partial charge >= 0.3 is 0 Å². The molecule has 0 rings (SSSR count). The molecule has 0 spiro atoms. The van der Waals surface area contributed by atoms with Gasteiger partial charge in [0.15, 0.2) is 0 Å². The molecule has 1 unspecified atom stereocenters. The van der Waals surface area contributed by atoms with Crippen molar-refractivity contribution < 1.29 is 9.47 Å². The van der Waals surface area contributed by atoms with Crippen LogP contribution in [0.5, 0.6) is 0 Å². The lowest BCUT2D eigenvalue weighted by Crippen LogP contribution is -2.35. The molecule has 17 heavy (non-hydrogen) atoms. The third-order valence-corrected chi connectivity index (χ3v) is 3.10. The van der Waals surface area contributed by atoms with E-state index in [-0.39, 0.29) is 5.60 Å². The van der Waals surface area contributed by atoms with Crippen LogP contribution in [0.4, 0.5) is 0 Å². The summed E-state index contributed by atoms with van der Waals surface area (Å²) in [6.45, 7) is 13.6. The summed E-state index contributed by atoms with van der Waals surface area (Å²) in [4.78, 5) is 0. The first-order valence-electron chi connectivity index (χ1n) is 6.80. The zero-order valence-electron chi connectivity index (χ0n) is 12.5. The zero-order chi connectivity index (χ0) is 13.3. The van der Waals surface area contributed by atoms with Crippen LogP contribution in [-0.4, -0.2) is 38.5 Å². The minimum Gasteiger partial charge on any atom is -0.379 e. The lowest BCUT2D eigenvalue weighted by Gasteiger charge is -2.26. The second kappa shape index (κ2) is 8.90. The molecule has 0 aliphatic carbocycles. The Morgan fingerprint density at radius 2 is 1.88 bits per heavy atom. The number of hydrogen-bond acceptors (Lipinski definition) is 3. The van der Waals surface area contributed by atoms with Crippen molar-refractivity contribution in [3.05, 3.63) is 0 Å². The molecule has 0 aliphatic heterocycles. The lowest BCUT2D eigenvalue weighted by molar-refractivity contribution is -0.0363. The van der Waals surface area contributed by atoms with Crippen molar-refractivity contribution in [1.82, 2.24) is 5.32 Å². The average Bonchev–Trinajstić information content (AvgIpc) is 2.27. The number of nitrogens with one attached hydrogen (secondary N) is 1. The topological polar surface area (TPSA) is 30.5 Å². The van der Waals surface area contributed by atoms with Gasteiger partial charge in [0.1, 0.15) is 0 Å². The number of methoxy groups -OCH3 is 1. The first-order valence-corrected chi connectivity index (χ1v) is 6.80. The Morgan fingerprint density at radius 3 is 2.35 bits per heavy atom. The molecule has 0 fully saturated rings. The molecule has 1 N–H and O–H groups in total. The highest BCUT2D eigenvalue weighted by atomic mass is 16.5. The monoisotopic (exact) mass is 245 g/mol. The van der Waals surface area contributed by atoms with Gasteiger partial charge in [0.05, 0.1) is 11.7 Å². The maximum Gasteiger partial charge on any atom is 0.0722 e. The fourth-order valence-electron chi connectivity index (χ4n) is 1.47. The van der Waals surface area contributed by atoms with Crippen LogP contribution in [0.25, 0.3) is 0 Å². The maximum atomic E-state index is 5.95. The first-order chi connectivity index (χ1) is 7.93. The van der Waals surface area contributed by atoms with Crippen LogP contribution in [-0.2, 0) is 9.47 Å². The molecule has 0 saturated heterocycles. The van der Waals surface area contributed by atoms with Crippen molar-refractivity contribution in [2.75, 3.05) is 26.8 Å². The van der Waals surface area contributed by atoms with Gasteiger partial charge in [-0.1, -0.05) is 20.8 Å². The van der Waals surface area contributed by atoms with Gasteiger partial charge < -0.3 is 14.8 Å². The van der Waals surface area contributed by atoms with Gasteiger partial charge in [-0.25, -0.2) is 0 Å². The molecule has 0 aromatic heterocycles. The summed E-state index contributed by atoms with van der Waals surface area (Å²) in [7, 11) is 1.75. The minimum atomic E-state index is -0.0849. The third kappa shape index (κ3) is 8.58. The average molecular weight is 245 g/mol. The summed E-state index contributed by atoms with van der Waals surface area (Å²) in [5.41, 5.74) is -0.0849. The number of rotatable bonds is 10. The highest BCUT2D eigenvalue weighted by Gasteiger charge is 2.18. The summed E-state index contributed by atoms with van der Waals surface area (Å²) in [5, 5.41) is 3.42. The highest BCUT2D eigenvalue weighted by molar-refractivity contribution is 4.70. The first kappa shape index (κ1) is 16.9. The van der Waals surface area contributed by atoms with E-state index in [1.807, 2.05) is 0 Å². The molecule has 0 aliphatic rings. The molecule has 0 saturated carbocycles. The lowest BCUT2D eigenvalue weighted by atomic mass is 10.1. The summed E-state index contributed by atoms with van der Waals surface area (Å²) >= 11 is 0. The van der Waals surface area contributed by atoms with Gasteiger partial charge in [-0.05, 0) is 39.2 Å². The summed E-state index contributed by atoms with van der Waals surface area (Å²) in [6.07, 6.45) is 2.40. The Bertz CT molecular complexity index is 181. The molecule has 0 heterocycles. The van der Waals surface area contributed by atoms with Gasteiger partial charge in [-0.2, -0.15) is 0 Å². The highest BCUT2D eigenvalue weighted by Crippen LogP contribution is 2.14. The van der Waals surface area contributed by atoms with E-state index in [0.717, 1.165) is 26.1 Å². The molecule has 104 valence electrons. The van der Waals surface area contributed by atoms with E-state index in [9.17, 15) is 0 Å². The van der Waals surface area contributed by atoms with E-state index in [2.05, 4.69) is 39.9 Å². The Labute approximate surface area is 107 Å². The smallest absolute Gasteiger partial charge is 0.0722 e. The Kier molecular flexibility index (Phi) is 8.83. The number of ether oxygens (including phenoxy) is 2. The van der Waals surface area contributed by atoms with Crippen molar-refractivity contribution in [2.24, 2.45) is 5.92 Å². The molecule has 3 nitrogen and oxygen atoms in total. The van der Waals surface area contributed by atoms with Gasteiger partial charge in [0, 0.05) is 20.3 Å². The number of hydrogen-bond donors (Lipinski definition) is 1. The standard InChI is InChI=1S/C14H31NO2/c1-7-9-15-11-13(12(2)3)17-10-8-14(4,5)16-6/h12-13,15H,7-11H2,1-6H3. The van der Waals surface area contributed by atoms with E-state index in [0.29, 0.717) is 12.0 Å². The summed E-state index contributed by atoms with van der Waals surface area (Å²) in [6, 6.07) is 0. The van der Waals surface area contributed by atoms with E-state index < -0.39 is 0 Å². The Hall–Kier alpha value is -0.120. The SMILES string of the molecule is CCCNCC(OCCC(C)(C)OC)C(C)C. The maximum absolute atomic E-state index is 5.95. The van der Waals surface area contributed by atoms with Crippen molar-refractivity contribution in [2.45, 2.75) is 59.2 Å². The van der Waals surface area contributed by atoms with E-state index >= 15 is 0 Å². The summed E-state index contributed by atoms with van der Waals surface area (Å²) in [5.74, 6) is 0.546. The fourth-order valence-corrected chi connectivity index (χ4v) is 1.47. The van der Waals surface area contributed by atoms with E-state index in [1.165, 1.54) is 6.42 Å². The predicted molar refractivity (Wildman–Crippen MR) is 73.4 cm³/mol. The fraction of sp³-hybridized carbons (Fsp3) is 1.00. The largest absolute Gasteiger partial charge is 0.379 e. The second-order valence-corrected chi connectivity index (χ2v) is 5.57. The van der Waals surface area contributed by atoms with Crippen LogP contribution < -0.4 is 5.32 Å². The normalized spacial score (nSPS) is 14.3. The Balaban J connectivity index is 3.85. The van der Waals surface area contributed by atoms with Crippen LogP contribution in [0.2, 0.25) is 0 Å². The molecule has 0 amide bonds. The van der Waals surface area contributed by atoms with Crippen molar-refractivity contribution in [3.63, 3.8) is 0 Å². The molecule has 1 atom stereocenters. The molecule has 0 bridgehead atoms. The van der Waals surface area contributed by atoms with Gasteiger partial charge in [-0.3, -0.25) is 0 Å². The molecule has 3 heteroatoms. The van der Waals surface area contributed by atoms with Gasteiger partial charge in [-0.15, -0.1) is 0 Å². The molecule has 0 radical (unpaired) electrons. The second-order valence-electron chi connectivity index (χ2n) is 5.57. The van der Waals surface area contributed by atoms with Crippen LogP contribution in [0.3, 0.4) is 0 Å². The molecular formula is C14H31NO2. The molecular weight excluding hydrogens is 214 g/mol. The van der Waals surface area contributed by atoms with Crippen molar-refractivity contribution in [1.29, 1.82) is 0 Å². The molecule has 0 aromatic rings. The quantitative estimate of drug-likeness (QED) is 0.600. The van der Waals surface area contributed by atoms with E-state index in [4.69, 9.17) is 9.47 Å². The zero-order valence-corrected chi connectivity index (χ0v) is 12.5. The van der Waals surface area contributed by atoms with Crippen molar-refractivity contribution in [3.8, 4) is 0 Å². The van der Waals surface area contributed by atoms with Gasteiger partial charge in [0.2, 0.25) is 0 Å². The third-order valence-electron chi connectivity index (χ3n) is 3.10. The van der Waals surface area contributed by atoms with Crippen LogP contribution in [0, 0.1) is 5.92 Å². The predicted octanol–water partition coefficient (Wildman–Crippen LogP) is 2.84. The van der Waals surface area contributed by atoms with Crippen LogP contribution in [0.1, 0.15) is 47.5 Å².